The topological polar surface area (TPSA) is 76.6 Å². The number of hydrogen-bond donors (Lipinski definition) is 0. The first-order chi connectivity index (χ1) is 8.86. The molecule has 0 bridgehead atoms. The summed E-state index contributed by atoms with van der Waals surface area (Å²) in [7, 11) is -2.33. The molecular weight excluding hydrogens is 312 g/mol. The number of halogens is 1. The van der Waals surface area contributed by atoms with Crippen molar-refractivity contribution in [1.29, 1.82) is 0 Å². The molecule has 0 aromatic carbocycles. The smallest absolute Gasteiger partial charge is 0.310 e. The van der Waals surface area contributed by atoms with E-state index in [1.54, 1.807) is 0 Å². The van der Waals surface area contributed by atoms with E-state index in [1.165, 1.54) is 17.6 Å². The van der Waals surface area contributed by atoms with Crippen LogP contribution in [0, 0.1) is 11.8 Å². The molecule has 106 valence electrons. The number of carbonyl (C=O) groups is 1. The summed E-state index contributed by atoms with van der Waals surface area (Å²) in [5, 5.41) is 0. The predicted octanol–water partition coefficient (Wildman–Crippen LogP) is 1.23. The van der Waals surface area contributed by atoms with Gasteiger partial charge in [0, 0.05) is 13.1 Å². The largest absolute Gasteiger partial charge is 0.469 e. The summed E-state index contributed by atoms with van der Waals surface area (Å²) in [6.45, 7) is 2.25. The quantitative estimate of drug-likeness (QED) is 0.781. The number of rotatable bonds is 3. The summed E-state index contributed by atoms with van der Waals surface area (Å²) >= 11 is 6.56. The Hall–Kier alpha value is -0.700. The van der Waals surface area contributed by atoms with Crippen LogP contribution >= 0.6 is 22.9 Å². The molecule has 2 rings (SSSR count). The Labute approximate surface area is 120 Å². The maximum absolute atomic E-state index is 12.3. The maximum atomic E-state index is 12.3. The number of carbonyl (C=O) groups excluding carboxylic acids is 1. The van der Waals surface area contributed by atoms with Crippen molar-refractivity contribution in [3.05, 3.63) is 10.7 Å². The van der Waals surface area contributed by atoms with Gasteiger partial charge in [0.25, 0.3) is 10.0 Å². The van der Waals surface area contributed by atoms with Crippen LogP contribution < -0.4 is 0 Å². The molecule has 0 saturated carbocycles. The lowest BCUT2D eigenvalue weighted by Gasteiger charge is -2.14. The molecule has 2 unspecified atom stereocenters. The van der Waals surface area contributed by atoms with Crippen LogP contribution in [0.25, 0.3) is 0 Å². The summed E-state index contributed by atoms with van der Waals surface area (Å²) in [6, 6.07) is 0. The van der Waals surface area contributed by atoms with Gasteiger partial charge in [-0.25, -0.2) is 13.4 Å². The SMILES string of the molecule is COC(=O)C1CN(S(=O)(=O)c2cnc(Cl)s2)CC1C. The predicted molar refractivity (Wildman–Crippen MR) is 70.6 cm³/mol. The second-order valence-corrected chi connectivity index (χ2v) is 8.14. The Morgan fingerprint density at radius 1 is 1.58 bits per heavy atom. The molecule has 2 atom stereocenters. The Morgan fingerprint density at radius 2 is 2.26 bits per heavy atom. The first-order valence-corrected chi connectivity index (χ1v) is 8.19. The number of esters is 1. The Morgan fingerprint density at radius 3 is 2.79 bits per heavy atom. The number of ether oxygens (including phenoxy) is 1. The van der Waals surface area contributed by atoms with Gasteiger partial charge in [0.2, 0.25) is 0 Å². The molecule has 0 N–H and O–H groups in total. The van der Waals surface area contributed by atoms with Gasteiger partial charge in [0.15, 0.2) is 8.68 Å². The van der Waals surface area contributed by atoms with Gasteiger partial charge in [-0.2, -0.15) is 4.31 Å². The van der Waals surface area contributed by atoms with Gasteiger partial charge in [0.05, 0.1) is 19.2 Å². The third-order valence-corrected chi connectivity index (χ3v) is 6.52. The Balaban J connectivity index is 2.22. The normalized spacial score (nSPS) is 24.6. The highest BCUT2D eigenvalue weighted by molar-refractivity contribution is 7.91. The molecule has 1 aromatic rings. The number of sulfonamides is 1. The molecular formula is C10H13ClN2O4S2. The molecule has 1 saturated heterocycles. The second kappa shape index (κ2) is 5.35. The van der Waals surface area contributed by atoms with Crippen molar-refractivity contribution in [3.63, 3.8) is 0 Å². The van der Waals surface area contributed by atoms with E-state index in [1.807, 2.05) is 6.92 Å². The van der Waals surface area contributed by atoms with Crippen LogP contribution in [0.2, 0.25) is 4.47 Å². The van der Waals surface area contributed by atoms with Crippen molar-refractivity contribution >= 4 is 38.9 Å². The molecule has 1 aliphatic heterocycles. The van der Waals surface area contributed by atoms with Gasteiger partial charge in [0.1, 0.15) is 0 Å². The summed E-state index contributed by atoms with van der Waals surface area (Å²) in [5.41, 5.74) is 0. The van der Waals surface area contributed by atoms with Gasteiger partial charge < -0.3 is 4.74 Å². The van der Waals surface area contributed by atoms with Crippen molar-refractivity contribution in [2.75, 3.05) is 20.2 Å². The lowest BCUT2D eigenvalue weighted by atomic mass is 9.99. The number of aromatic nitrogens is 1. The highest BCUT2D eigenvalue weighted by Crippen LogP contribution is 2.32. The molecule has 1 fully saturated rings. The molecule has 0 radical (unpaired) electrons. The third-order valence-electron chi connectivity index (χ3n) is 3.13. The van der Waals surface area contributed by atoms with Crippen LogP contribution in [0.15, 0.2) is 10.4 Å². The fourth-order valence-corrected chi connectivity index (χ4v) is 5.08. The zero-order valence-corrected chi connectivity index (χ0v) is 12.8. The molecule has 1 aromatic heterocycles. The van der Waals surface area contributed by atoms with Crippen molar-refractivity contribution in [2.45, 2.75) is 11.1 Å². The first kappa shape index (κ1) is 14.7. The van der Waals surface area contributed by atoms with Gasteiger partial charge in [-0.15, -0.1) is 0 Å². The molecule has 2 heterocycles. The van der Waals surface area contributed by atoms with Crippen LogP contribution in [0.1, 0.15) is 6.92 Å². The third kappa shape index (κ3) is 2.76. The molecule has 9 heteroatoms. The van der Waals surface area contributed by atoms with Crippen LogP contribution in [0.5, 0.6) is 0 Å². The Kier molecular flexibility index (Phi) is 4.14. The van der Waals surface area contributed by atoms with Crippen molar-refractivity contribution in [2.24, 2.45) is 11.8 Å². The number of thiazole rings is 1. The van der Waals surface area contributed by atoms with Gasteiger partial charge in [-0.3, -0.25) is 4.79 Å². The summed E-state index contributed by atoms with van der Waals surface area (Å²) in [6.07, 6.45) is 1.23. The van der Waals surface area contributed by atoms with Gasteiger partial charge in [-0.1, -0.05) is 29.9 Å². The molecule has 19 heavy (non-hydrogen) atoms. The minimum absolute atomic E-state index is 0.0781. The number of nitrogens with zero attached hydrogens (tertiary/aromatic N) is 2. The minimum Gasteiger partial charge on any atom is -0.469 e. The van der Waals surface area contributed by atoms with E-state index in [0.29, 0.717) is 0 Å². The van der Waals surface area contributed by atoms with Crippen LogP contribution in [0.4, 0.5) is 0 Å². The summed E-state index contributed by atoms with van der Waals surface area (Å²) in [5.74, 6) is -0.888. The summed E-state index contributed by atoms with van der Waals surface area (Å²) < 4.78 is 30.9. The lowest BCUT2D eigenvalue weighted by molar-refractivity contribution is -0.145. The van der Waals surface area contributed by atoms with E-state index in [9.17, 15) is 13.2 Å². The van der Waals surface area contributed by atoms with E-state index in [-0.39, 0.29) is 33.7 Å². The molecule has 0 aliphatic carbocycles. The van der Waals surface area contributed by atoms with E-state index in [4.69, 9.17) is 11.6 Å². The molecule has 1 aliphatic rings. The Bertz CT molecular complexity index is 586. The highest BCUT2D eigenvalue weighted by atomic mass is 35.5. The fraction of sp³-hybridized carbons (Fsp3) is 0.600. The van der Waals surface area contributed by atoms with Gasteiger partial charge >= 0.3 is 5.97 Å². The summed E-state index contributed by atoms with van der Waals surface area (Å²) in [4.78, 5) is 15.3. The van der Waals surface area contributed by atoms with Crippen molar-refractivity contribution in [1.82, 2.24) is 9.29 Å². The first-order valence-electron chi connectivity index (χ1n) is 5.55. The second-order valence-electron chi connectivity index (χ2n) is 4.36. The highest BCUT2D eigenvalue weighted by Gasteiger charge is 2.41. The van der Waals surface area contributed by atoms with E-state index < -0.39 is 15.9 Å². The average Bonchev–Trinajstić information content (AvgIpc) is 2.95. The van der Waals surface area contributed by atoms with Crippen LogP contribution in [-0.2, 0) is 19.6 Å². The maximum Gasteiger partial charge on any atom is 0.310 e. The van der Waals surface area contributed by atoms with Crippen LogP contribution in [0.3, 0.4) is 0 Å². The number of methoxy groups -OCH3 is 1. The standard InChI is InChI=1S/C10H13ClN2O4S2/c1-6-4-13(5-7(6)9(14)17-2)19(15,16)8-3-12-10(11)18-8/h3,6-7H,4-5H2,1-2H3. The molecule has 0 amide bonds. The van der Waals surface area contributed by atoms with E-state index in [0.717, 1.165) is 11.3 Å². The van der Waals surface area contributed by atoms with Gasteiger partial charge in [-0.05, 0) is 5.92 Å². The monoisotopic (exact) mass is 324 g/mol. The van der Waals surface area contributed by atoms with Crippen LogP contribution in [-0.4, -0.2) is 43.9 Å². The van der Waals surface area contributed by atoms with Crippen molar-refractivity contribution in [3.8, 4) is 0 Å². The zero-order chi connectivity index (χ0) is 14.2. The van der Waals surface area contributed by atoms with E-state index >= 15 is 0 Å². The minimum atomic E-state index is -3.63. The van der Waals surface area contributed by atoms with Crippen molar-refractivity contribution < 1.29 is 17.9 Å². The fourth-order valence-electron chi connectivity index (χ4n) is 2.06. The van der Waals surface area contributed by atoms with E-state index in [2.05, 4.69) is 9.72 Å². The zero-order valence-electron chi connectivity index (χ0n) is 10.4. The average molecular weight is 325 g/mol. The molecule has 6 nitrogen and oxygen atoms in total. The molecule has 0 spiro atoms. The lowest BCUT2D eigenvalue weighted by Crippen LogP contribution is -2.29. The number of hydrogen-bond acceptors (Lipinski definition) is 6.